The highest BCUT2D eigenvalue weighted by Crippen LogP contribution is 2.32. The number of carbonyl (C=O) groups is 2. The molecule has 2 aromatic rings. The molecule has 1 aromatic carbocycles. The lowest BCUT2D eigenvalue weighted by Gasteiger charge is -2.08. The smallest absolute Gasteiger partial charge is 0.348 e. The standard InChI is InChI=1S/C17H16N2O6S/c1-3-24-17(22)14-12(11(7-18)15(19)26-14)8-25-16(21)10-5-4-9(23-2)6-13(10)20/h4-6,20H,3,8,19H2,1-2H3. The van der Waals surface area contributed by atoms with Crippen molar-refractivity contribution in [2.45, 2.75) is 13.5 Å². The number of esters is 2. The Labute approximate surface area is 153 Å². The van der Waals surface area contributed by atoms with E-state index in [1.807, 2.05) is 6.07 Å². The second kappa shape index (κ2) is 8.22. The van der Waals surface area contributed by atoms with Crippen molar-refractivity contribution in [2.75, 3.05) is 19.5 Å². The molecular weight excluding hydrogens is 360 g/mol. The number of methoxy groups -OCH3 is 1. The van der Waals surface area contributed by atoms with Crippen molar-refractivity contribution in [3.63, 3.8) is 0 Å². The summed E-state index contributed by atoms with van der Waals surface area (Å²) in [6.45, 7) is 1.43. The summed E-state index contributed by atoms with van der Waals surface area (Å²) < 4.78 is 15.0. The number of thiophene rings is 1. The van der Waals surface area contributed by atoms with E-state index in [0.717, 1.165) is 11.3 Å². The van der Waals surface area contributed by atoms with Gasteiger partial charge in [-0.3, -0.25) is 0 Å². The highest BCUT2D eigenvalue weighted by molar-refractivity contribution is 7.18. The van der Waals surface area contributed by atoms with Crippen molar-refractivity contribution in [2.24, 2.45) is 0 Å². The Balaban J connectivity index is 2.25. The van der Waals surface area contributed by atoms with E-state index in [9.17, 15) is 20.0 Å². The number of anilines is 1. The maximum atomic E-state index is 12.2. The lowest BCUT2D eigenvalue weighted by Crippen LogP contribution is -2.10. The summed E-state index contributed by atoms with van der Waals surface area (Å²) >= 11 is 0.893. The Kier molecular flexibility index (Phi) is 6.03. The lowest BCUT2D eigenvalue weighted by atomic mass is 10.1. The van der Waals surface area contributed by atoms with Crippen molar-refractivity contribution in [3.05, 3.63) is 39.8 Å². The number of hydrogen-bond donors (Lipinski definition) is 2. The first-order valence-corrected chi connectivity index (χ1v) is 8.27. The zero-order valence-electron chi connectivity index (χ0n) is 14.1. The van der Waals surface area contributed by atoms with Crippen LogP contribution >= 0.6 is 11.3 Å². The molecule has 0 spiro atoms. The van der Waals surface area contributed by atoms with Gasteiger partial charge in [-0.2, -0.15) is 5.26 Å². The molecule has 3 N–H and O–H groups in total. The van der Waals surface area contributed by atoms with Crippen LogP contribution in [0.4, 0.5) is 5.00 Å². The highest BCUT2D eigenvalue weighted by atomic mass is 32.1. The summed E-state index contributed by atoms with van der Waals surface area (Å²) in [7, 11) is 1.42. The zero-order valence-corrected chi connectivity index (χ0v) is 14.9. The van der Waals surface area contributed by atoms with Crippen LogP contribution in [0.15, 0.2) is 18.2 Å². The molecule has 0 aliphatic rings. The summed E-state index contributed by atoms with van der Waals surface area (Å²) in [5.74, 6) is -1.41. The second-order valence-corrected chi connectivity index (χ2v) is 5.99. The van der Waals surface area contributed by atoms with Gasteiger partial charge in [0.25, 0.3) is 0 Å². The fourth-order valence-electron chi connectivity index (χ4n) is 2.13. The van der Waals surface area contributed by atoms with Crippen LogP contribution in [0, 0.1) is 11.3 Å². The number of phenolic OH excluding ortho intramolecular Hbond substituents is 1. The minimum atomic E-state index is -0.825. The third-order valence-corrected chi connectivity index (χ3v) is 4.42. The van der Waals surface area contributed by atoms with Crippen LogP contribution in [0.25, 0.3) is 0 Å². The number of aromatic hydroxyl groups is 1. The van der Waals surface area contributed by atoms with Crippen molar-refractivity contribution >= 4 is 28.3 Å². The molecular formula is C17H16N2O6S. The minimum absolute atomic E-state index is 0.0600. The van der Waals surface area contributed by atoms with Gasteiger partial charge < -0.3 is 25.1 Å². The third kappa shape index (κ3) is 3.87. The van der Waals surface area contributed by atoms with E-state index in [4.69, 9.17) is 19.9 Å². The highest BCUT2D eigenvalue weighted by Gasteiger charge is 2.24. The number of nitrogens with two attached hydrogens (primary N) is 1. The van der Waals surface area contributed by atoms with E-state index in [2.05, 4.69) is 0 Å². The number of carbonyl (C=O) groups excluding carboxylic acids is 2. The summed E-state index contributed by atoms with van der Waals surface area (Å²) in [6.07, 6.45) is 0. The molecule has 136 valence electrons. The maximum Gasteiger partial charge on any atom is 0.348 e. The van der Waals surface area contributed by atoms with Gasteiger partial charge in [-0.05, 0) is 19.1 Å². The predicted octanol–water partition coefficient (Wildman–Crippen LogP) is 2.45. The van der Waals surface area contributed by atoms with Gasteiger partial charge in [-0.25, -0.2) is 9.59 Å². The van der Waals surface area contributed by atoms with Crippen LogP contribution in [-0.4, -0.2) is 30.8 Å². The van der Waals surface area contributed by atoms with Crippen molar-refractivity contribution in [3.8, 4) is 17.6 Å². The van der Waals surface area contributed by atoms with E-state index in [1.54, 1.807) is 6.92 Å². The quantitative estimate of drug-likeness (QED) is 0.735. The summed E-state index contributed by atoms with van der Waals surface area (Å²) in [5, 5.41) is 19.3. The Morgan fingerprint density at radius 1 is 1.31 bits per heavy atom. The molecule has 0 fully saturated rings. The minimum Gasteiger partial charge on any atom is -0.507 e. The molecule has 0 saturated heterocycles. The molecule has 0 unspecified atom stereocenters. The first kappa shape index (κ1) is 19.1. The lowest BCUT2D eigenvalue weighted by molar-refractivity contribution is 0.0450. The molecule has 9 heteroatoms. The van der Waals surface area contributed by atoms with Crippen LogP contribution in [0.2, 0.25) is 0 Å². The van der Waals surface area contributed by atoms with Gasteiger partial charge in [0.2, 0.25) is 0 Å². The number of nitrogen functional groups attached to an aromatic ring is 1. The molecule has 0 atom stereocenters. The fourth-order valence-corrected chi connectivity index (χ4v) is 3.05. The van der Waals surface area contributed by atoms with Gasteiger partial charge in [0.1, 0.15) is 39.6 Å². The zero-order chi connectivity index (χ0) is 19.3. The van der Waals surface area contributed by atoms with Crippen molar-refractivity contribution in [1.29, 1.82) is 5.26 Å². The van der Waals surface area contributed by atoms with Crippen molar-refractivity contribution in [1.82, 2.24) is 0 Å². The molecule has 0 bridgehead atoms. The van der Waals surface area contributed by atoms with E-state index in [-0.39, 0.29) is 45.5 Å². The van der Waals surface area contributed by atoms with Crippen LogP contribution in [0.5, 0.6) is 11.5 Å². The molecule has 0 saturated carbocycles. The van der Waals surface area contributed by atoms with Gasteiger partial charge in [-0.15, -0.1) is 11.3 Å². The Morgan fingerprint density at radius 3 is 2.62 bits per heavy atom. The number of nitrogens with zero attached hydrogens (tertiary/aromatic N) is 1. The summed E-state index contributed by atoms with van der Waals surface area (Å²) in [5.41, 5.74) is 5.91. The fraction of sp³-hybridized carbons (Fsp3) is 0.235. The molecule has 0 aliphatic carbocycles. The topological polar surface area (TPSA) is 132 Å². The first-order chi connectivity index (χ1) is 12.4. The Morgan fingerprint density at radius 2 is 2.04 bits per heavy atom. The van der Waals surface area contributed by atoms with E-state index in [0.29, 0.717) is 5.75 Å². The van der Waals surface area contributed by atoms with Crippen LogP contribution < -0.4 is 10.5 Å². The first-order valence-electron chi connectivity index (χ1n) is 7.45. The van der Waals surface area contributed by atoms with Crippen molar-refractivity contribution < 1.29 is 28.9 Å². The SMILES string of the molecule is CCOC(=O)c1sc(N)c(C#N)c1COC(=O)c1ccc(OC)cc1O. The second-order valence-electron chi connectivity index (χ2n) is 4.94. The molecule has 8 nitrogen and oxygen atoms in total. The number of ether oxygens (including phenoxy) is 3. The maximum absolute atomic E-state index is 12.2. The molecule has 0 radical (unpaired) electrons. The largest absolute Gasteiger partial charge is 0.507 e. The predicted molar refractivity (Wildman–Crippen MR) is 93.2 cm³/mol. The van der Waals surface area contributed by atoms with Gasteiger partial charge in [0.05, 0.1) is 19.3 Å². The molecule has 2 rings (SSSR count). The summed E-state index contributed by atoms with van der Waals surface area (Å²) in [4.78, 5) is 24.3. The van der Waals surface area contributed by atoms with E-state index >= 15 is 0 Å². The van der Waals surface area contributed by atoms with Crippen LogP contribution in [0.1, 0.15) is 38.1 Å². The van der Waals surface area contributed by atoms with E-state index in [1.165, 1.54) is 25.3 Å². The normalized spacial score (nSPS) is 10.0. The number of phenols is 1. The molecule has 0 aliphatic heterocycles. The van der Waals surface area contributed by atoms with Gasteiger partial charge >= 0.3 is 11.9 Å². The number of benzene rings is 1. The molecule has 1 aromatic heterocycles. The monoisotopic (exact) mass is 376 g/mol. The molecule has 1 heterocycles. The van der Waals surface area contributed by atoms with Gasteiger partial charge in [-0.1, -0.05) is 0 Å². The third-order valence-electron chi connectivity index (χ3n) is 3.38. The van der Waals surface area contributed by atoms with Crippen LogP contribution in [0.3, 0.4) is 0 Å². The number of rotatable bonds is 6. The van der Waals surface area contributed by atoms with Gasteiger partial charge in [0, 0.05) is 11.6 Å². The van der Waals surface area contributed by atoms with E-state index < -0.39 is 11.9 Å². The molecule has 26 heavy (non-hydrogen) atoms. The Bertz CT molecular complexity index is 884. The summed E-state index contributed by atoms with van der Waals surface area (Å²) in [6, 6.07) is 5.99. The molecule has 0 amide bonds. The van der Waals surface area contributed by atoms with Crippen LogP contribution in [-0.2, 0) is 16.1 Å². The van der Waals surface area contributed by atoms with Gasteiger partial charge in [0.15, 0.2) is 0 Å². The Hall–Kier alpha value is -3.25. The number of hydrogen-bond acceptors (Lipinski definition) is 9. The average molecular weight is 376 g/mol. The average Bonchev–Trinajstić information content (AvgIpc) is 2.95. The number of nitriles is 1.